The lowest BCUT2D eigenvalue weighted by Crippen LogP contribution is -2.41. The second-order valence-electron chi connectivity index (χ2n) is 8.24. The van der Waals surface area contributed by atoms with Crippen molar-refractivity contribution in [3.8, 4) is 0 Å². The number of carbonyl (C=O) groups is 1. The number of amides is 1. The average Bonchev–Trinajstić information content (AvgIpc) is 2.75. The summed E-state index contributed by atoms with van der Waals surface area (Å²) in [5.41, 5.74) is 3.75. The van der Waals surface area contributed by atoms with E-state index in [0.717, 1.165) is 36.1 Å². The Labute approximate surface area is 180 Å². The Morgan fingerprint density at radius 3 is 2.37 bits per heavy atom. The minimum Gasteiger partial charge on any atom is -0.326 e. The molecule has 1 fully saturated rings. The van der Waals surface area contributed by atoms with Gasteiger partial charge in [0.05, 0.1) is 4.90 Å². The molecule has 1 aliphatic heterocycles. The molecular formula is C24H32N2O3S. The molecule has 30 heavy (non-hydrogen) atoms. The first kappa shape index (κ1) is 22.5. The molecule has 162 valence electrons. The Hall–Kier alpha value is -2.18. The fourth-order valence-electron chi connectivity index (χ4n) is 3.86. The number of rotatable bonds is 7. The molecule has 0 unspecified atom stereocenters. The maximum atomic E-state index is 13.1. The summed E-state index contributed by atoms with van der Waals surface area (Å²) in [5, 5.41) is 2.99. The Kier molecular flexibility index (Phi) is 7.32. The normalized spacial score (nSPS) is 15.8. The predicted molar refractivity (Wildman–Crippen MR) is 121 cm³/mol. The number of sulfonamides is 1. The number of anilines is 1. The van der Waals surface area contributed by atoms with Crippen LogP contribution in [0.3, 0.4) is 0 Å². The number of unbranched alkanes of at least 4 members (excludes halogenated alkanes) is 1. The lowest BCUT2D eigenvalue weighted by Gasteiger charge is -2.31. The van der Waals surface area contributed by atoms with Crippen molar-refractivity contribution in [2.45, 2.75) is 57.8 Å². The summed E-state index contributed by atoms with van der Waals surface area (Å²) in [5.74, 6) is -0.199. The van der Waals surface area contributed by atoms with Crippen molar-refractivity contribution in [1.82, 2.24) is 4.31 Å². The monoisotopic (exact) mass is 428 g/mol. The number of nitrogens with one attached hydrogen (secondary N) is 1. The van der Waals surface area contributed by atoms with Crippen molar-refractivity contribution in [3.05, 3.63) is 59.2 Å². The van der Waals surface area contributed by atoms with E-state index in [1.807, 2.05) is 38.1 Å². The summed E-state index contributed by atoms with van der Waals surface area (Å²) in [7, 11) is -3.53. The summed E-state index contributed by atoms with van der Waals surface area (Å²) in [4.78, 5) is 13.0. The van der Waals surface area contributed by atoms with Crippen LogP contribution in [0.25, 0.3) is 0 Å². The van der Waals surface area contributed by atoms with Crippen molar-refractivity contribution in [2.24, 2.45) is 5.92 Å². The van der Waals surface area contributed by atoms with Gasteiger partial charge < -0.3 is 5.32 Å². The molecule has 0 spiro atoms. The molecule has 1 heterocycles. The quantitative estimate of drug-likeness (QED) is 0.696. The first-order valence-electron chi connectivity index (χ1n) is 10.8. The van der Waals surface area contributed by atoms with E-state index in [-0.39, 0.29) is 11.8 Å². The molecule has 5 nitrogen and oxygen atoms in total. The molecule has 2 aromatic carbocycles. The van der Waals surface area contributed by atoms with E-state index in [2.05, 4.69) is 24.4 Å². The van der Waals surface area contributed by atoms with Crippen molar-refractivity contribution in [1.29, 1.82) is 0 Å². The van der Waals surface area contributed by atoms with Crippen LogP contribution < -0.4 is 5.32 Å². The van der Waals surface area contributed by atoms with E-state index < -0.39 is 10.0 Å². The van der Waals surface area contributed by atoms with Crippen molar-refractivity contribution < 1.29 is 13.2 Å². The molecule has 0 aliphatic carbocycles. The van der Waals surface area contributed by atoms with Crippen LogP contribution in [0.2, 0.25) is 0 Å². The van der Waals surface area contributed by atoms with Crippen LogP contribution in [0.1, 0.15) is 49.3 Å². The van der Waals surface area contributed by atoms with Gasteiger partial charge >= 0.3 is 0 Å². The molecule has 2 aromatic rings. The van der Waals surface area contributed by atoms with Crippen LogP contribution >= 0.6 is 0 Å². The molecule has 6 heteroatoms. The largest absolute Gasteiger partial charge is 0.326 e. The van der Waals surface area contributed by atoms with E-state index in [1.165, 1.54) is 9.87 Å². The molecule has 0 saturated carbocycles. The van der Waals surface area contributed by atoms with Crippen LogP contribution in [0.5, 0.6) is 0 Å². The fraction of sp³-hybridized carbons (Fsp3) is 0.458. The standard InChI is InChI=1S/C24H32N2O3S/c1-4-5-6-20-9-11-22(12-10-20)25-24(27)21-13-15-26(16-14-21)30(28,29)23-17-18(2)7-8-19(23)3/h7-12,17,21H,4-6,13-16H2,1-3H3,(H,25,27). The molecular weight excluding hydrogens is 396 g/mol. The highest BCUT2D eigenvalue weighted by atomic mass is 32.2. The lowest BCUT2D eigenvalue weighted by molar-refractivity contribution is -0.120. The molecule has 1 aliphatic rings. The molecule has 1 saturated heterocycles. The van der Waals surface area contributed by atoms with Gasteiger partial charge in [-0.05, 0) is 74.4 Å². The number of hydrogen-bond donors (Lipinski definition) is 1. The van der Waals surface area contributed by atoms with Crippen LogP contribution in [0.15, 0.2) is 47.4 Å². The van der Waals surface area contributed by atoms with Crippen LogP contribution in [0.4, 0.5) is 5.69 Å². The van der Waals surface area contributed by atoms with Gasteiger partial charge in [-0.15, -0.1) is 0 Å². The number of benzene rings is 2. The molecule has 1 amide bonds. The van der Waals surface area contributed by atoms with Crippen LogP contribution in [-0.2, 0) is 21.2 Å². The third-order valence-electron chi connectivity index (χ3n) is 5.83. The number of carbonyl (C=O) groups excluding carboxylic acids is 1. The molecule has 0 aromatic heterocycles. The van der Waals surface area contributed by atoms with Crippen molar-refractivity contribution in [3.63, 3.8) is 0 Å². The Morgan fingerprint density at radius 2 is 1.73 bits per heavy atom. The van der Waals surface area contributed by atoms with Crippen LogP contribution in [-0.4, -0.2) is 31.7 Å². The third kappa shape index (κ3) is 5.29. The van der Waals surface area contributed by atoms with Gasteiger partial charge in [0.15, 0.2) is 0 Å². The van der Waals surface area contributed by atoms with E-state index in [1.54, 1.807) is 6.07 Å². The average molecular weight is 429 g/mol. The summed E-state index contributed by atoms with van der Waals surface area (Å²) in [6.45, 7) is 6.62. The first-order valence-corrected chi connectivity index (χ1v) is 12.2. The number of hydrogen-bond acceptors (Lipinski definition) is 3. The SMILES string of the molecule is CCCCc1ccc(NC(=O)C2CCN(S(=O)(=O)c3cc(C)ccc3C)CC2)cc1. The maximum absolute atomic E-state index is 13.1. The number of nitrogens with zero attached hydrogens (tertiary/aromatic N) is 1. The molecule has 0 bridgehead atoms. The highest BCUT2D eigenvalue weighted by Gasteiger charge is 2.32. The zero-order valence-electron chi connectivity index (χ0n) is 18.1. The van der Waals surface area contributed by atoms with Gasteiger partial charge in [0.2, 0.25) is 15.9 Å². The second-order valence-corrected chi connectivity index (χ2v) is 10.1. The molecule has 1 N–H and O–H groups in total. The smallest absolute Gasteiger partial charge is 0.243 e. The van der Waals surface area contributed by atoms with Gasteiger partial charge in [0.1, 0.15) is 0 Å². The van der Waals surface area contributed by atoms with Gasteiger partial charge in [-0.2, -0.15) is 4.31 Å². The molecule has 3 rings (SSSR count). The highest BCUT2D eigenvalue weighted by molar-refractivity contribution is 7.89. The Morgan fingerprint density at radius 1 is 1.07 bits per heavy atom. The third-order valence-corrected chi connectivity index (χ3v) is 7.87. The Bertz CT molecular complexity index is 976. The van der Waals surface area contributed by atoms with E-state index >= 15 is 0 Å². The van der Waals surface area contributed by atoms with Gasteiger partial charge in [-0.1, -0.05) is 37.6 Å². The van der Waals surface area contributed by atoms with Gasteiger partial charge in [-0.25, -0.2) is 8.42 Å². The van der Waals surface area contributed by atoms with Gasteiger partial charge in [-0.3, -0.25) is 4.79 Å². The highest BCUT2D eigenvalue weighted by Crippen LogP contribution is 2.27. The maximum Gasteiger partial charge on any atom is 0.243 e. The van der Waals surface area contributed by atoms with Crippen molar-refractivity contribution in [2.75, 3.05) is 18.4 Å². The minimum atomic E-state index is -3.53. The molecule has 0 radical (unpaired) electrons. The summed E-state index contributed by atoms with van der Waals surface area (Å²) < 4.78 is 27.6. The predicted octanol–water partition coefficient (Wildman–Crippen LogP) is 4.69. The first-order chi connectivity index (χ1) is 14.3. The lowest BCUT2D eigenvalue weighted by atomic mass is 9.97. The van der Waals surface area contributed by atoms with E-state index in [4.69, 9.17) is 0 Å². The zero-order valence-corrected chi connectivity index (χ0v) is 19.0. The summed E-state index contributed by atoms with van der Waals surface area (Å²) in [6, 6.07) is 13.5. The summed E-state index contributed by atoms with van der Waals surface area (Å²) >= 11 is 0. The summed E-state index contributed by atoms with van der Waals surface area (Å²) in [6.07, 6.45) is 4.44. The zero-order chi connectivity index (χ0) is 21.7. The van der Waals surface area contributed by atoms with E-state index in [9.17, 15) is 13.2 Å². The second kappa shape index (κ2) is 9.75. The minimum absolute atomic E-state index is 0.0277. The fourth-order valence-corrected chi connectivity index (χ4v) is 5.64. The topological polar surface area (TPSA) is 66.5 Å². The Balaban J connectivity index is 1.58. The van der Waals surface area contributed by atoms with Gasteiger partial charge in [0.25, 0.3) is 0 Å². The van der Waals surface area contributed by atoms with Crippen LogP contribution in [0, 0.1) is 19.8 Å². The number of piperidine rings is 1. The van der Waals surface area contributed by atoms with Crippen molar-refractivity contribution >= 4 is 21.6 Å². The molecule has 0 atom stereocenters. The van der Waals surface area contributed by atoms with E-state index in [0.29, 0.717) is 30.8 Å². The van der Waals surface area contributed by atoms with Gasteiger partial charge in [0, 0.05) is 24.7 Å². The number of aryl methyl sites for hydroxylation is 3.